The van der Waals surface area contributed by atoms with Crippen molar-refractivity contribution in [2.75, 3.05) is 25.5 Å². The largest absolute Gasteiger partial charge is 0.372 e. The topological polar surface area (TPSA) is 62.3 Å². The van der Waals surface area contributed by atoms with Crippen LogP contribution < -0.4 is 5.32 Å². The van der Waals surface area contributed by atoms with Gasteiger partial charge in [0, 0.05) is 26.3 Å². The van der Waals surface area contributed by atoms with Crippen molar-refractivity contribution in [3.05, 3.63) is 18.3 Å². The predicted octanol–water partition coefficient (Wildman–Crippen LogP) is 1.30. The molecule has 0 aromatic carbocycles. The van der Waals surface area contributed by atoms with Crippen LogP contribution >= 0.6 is 0 Å². The highest BCUT2D eigenvalue weighted by atomic mass is 32.2. The lowest BCUT2D eigenvalue weighted by Gasteiger charge is -2.26. The Kier molecular flexibility index (Phi) is 3.63. The number of anilines is 1. The molecule has 0 spiro atoms. The van der Waals surface area contributed by atoms with Gasteiger partial charge >= 0.3 is 0 Å². The smallest absolute Gasteiger partial charge is 0.246 e. The average molecular weight is 255 g/mol. The molecule has 0 unspecified atom stereocenters. The predicted molar refractivity (Wildman–Crippen MR) is 66.4 cm³/mol. The molecule has 1 saturated heterocycles. The number of sulfonamides is 1. The third kappa shape index (κ3) is 2.42. The van der Waals surface area contributed by atoms with Crippen molar-refractivity contribution in [2.45, 2.75) is 24.2 Å². The summed E-state index contributed by atoms with van der Waals surface area (Å²) in [5, 5.41) is 2.82. The van der Waals surface area contributed by atoms with Crippen LogP contribution in [-0.2, 0) is 10.0 Å². The molecule has 0 radical (unpaired) electrons. The molecule has 1 aliphatic rings. The summed E-state index contributed by atoms with van der Waals surface area (Å²) in [7, 11) is -1.72. The normalized spacial score (nSPS) is 17.9. The fourth-order valence-corrected chi connectivity index (χ4v) is 3.70. The van der Waals surface area contributed by atoms with Crippen LogP contribution in [0.3, 0.4) is 0 Å². The van der Waals surface area contributed by atoms with Crippen LogP contribution in [-0.4, -0.2) is 37.8 Å². The van der Waals surface area contributed by atoms with E-state index in [0.29, 0.717) is 18.9 Å². The molecule has 5 nitrogen and oxygen atoms in total. The number of piperidine rings is 1. The highest BCUT2D eigenvalue weighted by Gasteiger charge is 2.28. The van der Waals surface area contributed by atoms with E-state index in [1.54, 1.807) is 29.7 Å². The van der Waals surface area contributed by atoms with Crippen molar-refractivity contribution in [2.24, 2.45) is 0 Å². The number of rotatable bonds is 3. The first-order chi connectivity index (χ1) is 8.16. The molecule has 1 fully saturated rings. The molecule has 6 heteroatoms. The first-order valence-corrected chi connectivity index (χ1v) is 7.23. The van der Waals surface area contributed by atoms with Crippen molar-refractivity contribution in [3.63, 3.8) is 0 Å². The minimum Gasteiger partial charge on any atom is -0.372 e. The second kappa shape index (κ2) is 5.01. The van der Waals surface area contributed by atoms with Gasteiger partial charge in [-0.15, -0.1) is 0 Å². The van der Waals surface area contributed by atoms with E-state index in [0.717, 1.165) is 19.3 Å². The van der Waals surface area contributed by atoms with E-state index in [1.807, 2.05) is 0 Å². The molecule has 1 N–H and O–H groups in total. The molecule has 1 aromatic heterocycles. The molecular formula is C11H17N3O2S. The first kappa shape index (κ1) is 12.3. The van der Waals surface area contributed by atoms with Crippen molar-refractivity contribution < 1.29 is 8.42 Å². The van der Waals surface area contributed by atoms with Crippen LogP contribution in [0.25, 0.3) is 0 Å². The van der Waals surface area contributed by atoms with Crippen molar-refractivity contribution in [1.82, 2.24) is 9.29 Å². The average Bonchev–Trinajstić information content (AvgIpc) is 2.39. The number of hydrogen-bond donors (Lipinski definition) is 1. The summed E-state index contributed by atoms with van der Waals surface area (Å²) in [6.07, 6.45) is 4.57. The third-order valence-corrected chi connectivity index (χ3v) is 4.87. The number of nitrogens with zero attached hydrogens (tertiary/aromatic N) is 2. The molecule has 17 heavy (non-hydrogen) atoms. The van der Waals surface area contributed by atoms with E-state index in [-0.39, 0.29) is 4.90 Å². The van der Waals surface area contributed by atoms with E-state index in [1.165, 1.54) is 0 Å². The highest BCUT2D eigenvalue weighted by molar-refractivity contribution is 7.89. The Labute approximate surface area is 102 Å². The molecule has 2 heterocycles. The summed E-state index contributed by atoms with van der Waals surface area (Å²) >= 11 is 0. The van der Waals surface area contributed by atoms with Crippen LogP contribution in [0.1, 0.15) is 19.3 Å². The zero-order chi connectivity index (χ0) is 12.3. The summed E-state index contributed by atoms with van der Waals surface area (Å²) in [5.41, 5.74) is 0. The summed E-state index contributed by atoms with van der Waals surface area (Å²) < 4.78 is 26.4. The highest BCUT2D eigenvalue weighted by Crippen LogP contribution is 2.24. The summed E-state index contributed by atoms with van der Waals surface area (Å²) in [5.74, 6) is 0.415. The van der Waals surface area contributed by atoms with Gasteiger partial charge in [-0.25, -0.2) is 13.4 Å². The standard InChI is InChI=1S/C11H17N3O2S/c1-12-11-10(6-5-7-13-11)17(15,16)14-8-3-2-4-9-14/h5-7H,2-4,8-9H2,1H3,(H,12,13). The summed E-state index contributed by atoms with van der Waals surface area (Å²) in [6, 6.07) is 3.25. The van der Waals surface area contributed by atoms with Gasteiger partial charge in [-0.1, -0.05) is 6.42 Å². The minimum atomic E-state index is -3.40. The maximum Gasteiger partial charge on any atom is 0.246 e. The SMILES string of the molecule is CNc1ncccc1S(=O)(=O)N1CCCCC1. The second-order valence-corrected chi connectivity index (χ2v) is 5.97. The number of pyridine rings is 1. The lowest BCUT2D eigenvalue weighted by atomic mass is 10.2. The van der Waals surface area contributed by atoms with Gasteiger partial charge in [0.05, 0.1) is 0 Å². The molecule has 0 amide bonds. The molecule has 2 rings (SSSR count). The van der Waals surface area contributed by atoms with Gasteiger partial charge in [0.25, 0.3) is 0 Å². The van der Waals surface area contributed by atoms with Gasteiger partial charge in [-0.2, -0.15) is 4.31 Å². The van der Waals surface area contributed by atoms with Crippen LogP contribution in [0.15, 0.2) is 23.2 Å². The van der Waals surface area contributed by atoms with E-state index >= 15 is 0 Å². The van der Waals surface area contributed by atoms with Crippen LogP contribution in [0.4, 0.5) is 5.82 Å². The van der Waals surface area contributed by atoms with Gasteiger partial charge < -0.3 is 5.32 Å². The lowest BCUT2D eigenvalue weighted by molar-refractivity contribution is 0.346. The Bertz CT molecular complexity index is 481. The Balaban J connectivity index is 2.36. The minimum absolute atomic E-state index is 0.268. The fourth-order valence-electron chi connectivity index (χ4n) is 2.03. The summed E-state index contributed by atoms with van der Waals surface area (Å²) in [4.78, 5) is 4.31. The molecule has 0 aliphatic carbocycles. The lowest BCUT2D eigenvalue weighted by Crippen LogP contribution is -2.36. The van der Waals surface area contributed by atoms with Gasteiger partial charge in [0.1, 0.15) is 10.7 Å². The molecule has 0 bridgehead atoms. The van der Waals surface area contributed by atoms with Gasteiger partial charge in [-0.3, -0.25) is 0 Å². The van der Waals surface area contributed by atoms with E-state index < -0.39 is 10.0 Å². The van der Waals surface area contributed by atoms with E-state index in [4.69, 9.17) is 0 Å². The van der Waals surface area contributed by atoms with Gasteiger partial charge in [-0.05, 0) is 25.0 Å². The summed E-state index contributed by atoms with van der Waals surface area (Å²) in [6.45, 7) is 1.22. The second-order valence-electron chi connectivity index (χ2n) is 4.06. The zero-order valence-corrected chi connectivity index (χ0v) is 10.7. The fraction of sp³-hybridized carbons (Fsp3) is 0.545. The van der Waals surface area contributed by atoms with Crippen molar-refractivity contribution >= 4 is 15.8 Å². The van der Waals surface area contributed by atoms with Crippen molar-refractivity contribution in [1.29, 1.82) is 0 Å². The molecule has 0 atom stereocenters. The van der Waals surface area contributed by atoms with Crippen LogP contribution in [0.2, 0.25) is 0 Å². The Morgan fingerprint density at radius 1 is 1.29 bits per heavy atom. The van der Waals surface area contributed by atoms with E-state index in [9.17, 15) is 8.42 Å². The third-order valence-electron chi connectivity index (χ3n) is 2.94. The maximum absolute atomic E-state index is 12.4. The van der Waals surface area contributed by atoms with Gasteiger partial charge in [0.15, 0.2) is 0 Å². The molecule has 1 aliphatic heterocycles. The first-order valence-electron chi connectivity index (χ1n) is 5.79. The Morgan fingerprint density at radius 3 is 2.65 bits per heavy atom. The van der Waals surface area contributed by atoms with Crippen molar-refractivity contribution in [3.8, 4) is 0 Å². The Morgan fingerprint density at radius 2 is 2.00 bits per heavy atom. The van der Waals surface area contributed by atoms with Crippen LogP contribution in [0.5, 0.6) is 0 Å². The monoisotopic (exact) mass is 255 g/mol. The quantitative estimate of drug-likeness (QED) is 0.884. The van der Waals surface area contributed by atoms with Crippen LogP contribution in [0, 0.1) is 0 Å². The zero-order valence-electron chi connectivity index (χ0n) is 9.89. The maximum atomic E-state index is 12.4. The Hall–Kier alpha value is -1.14. The number of hydrogen-bond acceptors (Lipinski definition) is 4. The molecule has 1 aromatic rings. The molecule has 0 saturated carbocycles. The number of nitrogens with one attached hydrogen (secondary N) is 1. The van der Waals surface area contributed by atoms with Gasteiger partial charge in [0.2, 0.25) is 10.0 Å². The van der Waals surface area contributed by atoms with E-state index in [2.05, 4.69) is 10.3 Å². The number of aromatic nitrogens is 1. The molecule has 94 valence electrons. The molecular weight excluding hydrogens is 238 g/mol.